The van der Waals surface area contributed by atoms with Crippen molar-refractivity contribution in [1.82, 2.24) is 9.55 Å². The summed E-state index contributed by atoms with van der Waals surface area (Å²) < 4.78 is 1.66. The number of carbonyl (C=O) groups is 1. The van der Waals surface area contributed by atoms with Crippen molar-refractivity contribution in [1.29, 1.82) is 0 Å². The molecule has 132 valence electrons. The van der Waals surface area contributed by atoms with E-state index < -0.39 is 0 Å². The second-order valence-electron chi connectivity index (χ2n) is 6.28. The summed E-state index contributed by atoms with van der Waals surface area (Å²) in [5, 5.41) is 3.68. The maximum Gasteiger partial charge on any atom is 0.257 e. The van der Waals surface area contributed by atoms with E-state index in [0.29, 0.717) is 18.7 Å². The summed E-state index contributed by atoms with van der Waals surface area (Å²) in [5.41, 5.74) is 3.55. The van der Waals surface area contributed by atoms with E-state index in [1.165, 1.54) is 17.3 Å². The van der Waals surface area contributed by atoms with Gasteiger partial charge >= 0.3 is 0 Å². The van der Waals surface area contributed by atoms with E-state index in [2.05, 4.69) is 17.2 Å². The molecule has 0 fully saturated rings. The zero-order valence-electron chi connectivity index (χ0n) is 14.8. The molecule has 0 saturated carbocycles. The van der Waals surface area contributed by atoms with Crippen molar-refractivity contribution in [2.75, 3.05) is 11.1 Å². The highest BCUT2D eigenvalue weighted by atomic mass is 32.2. The number of hydrogen-bond acceptors (Lipinski definition) is 4. The lowest BCUT2D eigenvalue weighted by Gasteiger charge is -2.25. The lowest BCUT2D eigenvalue weighted by atomic mass is 10.1. The first kappa shape index (κ1) is 17.7. The van der Waals surface area contributed by atoms with Crippen LogP contribution in [0.15, 0.2) is 34.2 Å². The molecular formula is C19H23N3O2S. The molecule has 1 amide bonds. The Morgan fingerprint density at radius 3 is 2.64 bits per heavy atom. The van der Waals surface area contributed by atoms with E-state index in [1.54, 1.807) is 4.57 Å². The molecule has 1 unspecified atom stereocenters. The number of thioether (sulfide) groups is 1. The fraction of sp³-hybridized carbons (Fsp3) is 0.421. The summed E-state index contributed by atoms with van der Waals surface area (Å²) in [6, 6.07) is 7.89. The third-order valence-corrected chi connectivity index (χ3v) is 5.74. The smallest absolute Gasteiger partial charge is 0.257 e. The van der Waals surface area contributed by atoms with Crippen LogP contribution >= 0.6 is 11.8 Å². The Kier molecular flexibility index (Phi) is 5.27. The monoisotopic (exact) mass is 357 g/mol. The van der Waals surface area contributed by atoms with Crippen LogP contribution in [0.25, 0.3) is 0 Å². The molecule has 2 heterocycles. The zero-order chi connectivity index (χ0) is 18.0. The van der Waals surface area contributed by atoms with Crippen molar-refractivity contribution in [3.8, 4) is 0 Å². The Morgan fingerprint density at radius 1 is 1.28 bits per heavy atom. The van der Waals surface area contributed by atoms with Gasteiger partial charge in [0.1, 0.15) is 0 Å². The van der Waals surface area contributed by atoms with E-state index in [0.717, 1.165) is 28.5 Å². The fourth-order valence-corrected chi connectivity index (χ4v) is 4.15. The van der Waals surface area contributed by atoms with E-state index in [1.807, 2.05) is 38.1 Å². The Balaban J connectivity index is 1.77. The molecule has 1 atom stereocenters. The summed E-state index contributed by atoms with van der Waals surface area (Å²) in [7, 11) is 0. The Bertz CT molecular complexity index is 843. The highest BCUT2D eigenvalue weighted by Gasteiger charge is 2.28. The molecule has 0 saturated heterocycles. The summed E-state index contributed by atoms with van der Waals surface area (Å²) in [4.78, 5) is 29.8. The van der Waals surface area contributed by atoms with Gasteiger partial charge in [0, 0.05) is 29.2 Å². The van der Waals surface area contributed by atoms with Crippen LogP contribution in [-0.2, 0) is 24.2 Å². The Morgan fingerprint density at radius 2 is 2.00 bits per heavy atom. The molecular weight excluding hydrogens is 334 g/mol. The predicted octanol–water partition coefficient (Wildman–Crippen LogP) is 3.04. The van der Waals surface area contributed by atoms with Gasteiger partial charge in [-0.1, -0.05) is 37.7 Å². The molecule has 0 aliphatic carbocycles. The summed E-state index contributed by atoms with van der Waals surface area (Å²) in [5.74, 6) is 0.346. The normalized spacial score (nSPS) is 16.4. The molecule has 1 N–H and O–H groups in total. The van der Waals surface area contributed by atoms with Gasteiger partial charge in [0.15, 0.2) is 5.16 Å². The van der Waals surface area contributed by atoms with E-state index >= 15 is 0 Å². The highest BCUT2D eigenvalue weighted by Crippen LogP contribution is 2.26. The van der Waals surface area contributed by atoms with Gasteiger partial charge in [-0.3, -0.25) is 14.2 Å². The number of carbonyl (C=O) groups excluding carboxylic acids is 1. The van der Waals surface area contributed by atoms with Crippen LogP contribution in [0.1, 0.15) is 30.7 Å². The lowest BCUT2D eigenvalue weighted by molar-refractivity contribution is -0.119. The van der Waals surface area contributed by atoms with Gasteiger partial charge in [-0.15, -0.1) is 0 Å². The molecule has 1 aliphatic rings. The minimum Gasteiger partial charge on any atom is -0.326 e. The summed E-state index contributed by atoms with van der Waals surface area (Å²) in [6.07, 6.45) is 1.63. The average Bonchev–Trinajstić information content (AvgIpc) is 2.62. The number of hydrogen-bond donors (Lipinski definition) is 1. The van der Waals surface area contributed by atoms with Gasteiger partial charge in [-0.05, 0) is 37.5 Å². The number of nitrogens with one attached hydrogen (secondary N) is 1. The number of anilines is 1. The topological polar surface area (TPSA) is 64.0 Å². The molecule has 1 aromatic heterocycles. The minimum absolute atomic E-state index is 0.0118. The van der Waals surface area contributed by atoms with Crippen LogP contribution in [0.5, 0.6) is 0 Å². The molecule has 3 rings (SSSR count). The number of aromatic nitrogens is 2. The Labute approximate surface area is 151 Å². The van der Waals surface area contributed by atoms with Crippen molar-refractivity contribution >= 4 is 23.4 Å². The average molecular weight is 357 g/mol. The second-order valence-corrected chi connectivity index (χ2v) is 7.26. The molecule has 6 heteroatoms. The highest BCUT2D eigenvalue weighted by molar-refractivity contribution is 7.99. The maximum atomic E-state index is 12.6. The van der Waals surface area contributed by atoms with Crippen LogP contribution in [0.4, 0.5) is 5.69 Å². The van der Waals surface area contributed by atoms with Crippen LogP contribution in [-0.4, -0.2) is 21.2 Å². The molecule has 2 aromatic rings. The van der Waals surface area contributed by atoms with Crippen molar-refractivity contribution in [2.45, 2.75) is 45.3 Å². The van der Waals surface area contributed by atoms with Gasteiger partial charge in [0.2, 0.25) is 5.91 Å². The minimum atomic E-state index is -0.240. The third-order valence-electron chi connectivity index (χ3n) is 4.60. The SMILES string of the molecule is CCc1ccc(NC(=O)C2CSc3nc(C)c(CC)c(=O)n3C2)cc1. The number of fused-ring (bicyclic) bond motifs is 1. The van der Waals surface area contributed by atoms with Crippen molar-refractivity contribution in [3.63, 3.8) is 0 Å². The predicted molar refractivity (Wildman–Crippen MR) is 101 cm³/mol. The third kappa shape index (κ3) is 3.63. The summed E-state index contributed by atoms with van der Waals surface area (Å²) in [6.45, 7) is 6.32. The van der Waals surface area contributed by atoms with Crippen molar-refractivity contribution in [2.24, 2.45) is 5.92 Å². The number of rotatable bonds is 4. The molecule has 0 radical (unpaired) electrons. The van der Waals surface area contributed by atoms with Crippen LogP contribution in [0.2, 0.25) is 0 Å². The van der Waals surface area contributed by atoms with E-state index in [-0.39, 0.29) is 17.4 Å². The van der Waals surface area contributed by atoms with Crippen LogP contribution < -0.4 is 10.9 Å². The Hall–Kier alpha value is -2.08. The van der Waals surface area contributed by atoms with Gasteiger partial charge < -0.3 is 5.32 Å². The van der Waals surface area contributed by atoms with Crippen LogP contribution in [0.3, 0.4) is 0 Å². The van der Waals surface area contributed by atoms with Gasteiger partial charge in [0.05, 0.1) is 5.92 Å². The maximum absolute atomic E-state index is 12.6. The quantitative estimate of drug-likeness (QED) is 0.854. The summed E-state index contributed by atoms with van der Waals surface area (Å²) >= 11 is 1.48. The fourth-order valence-electron chi connectivity index (χ4n) is 3.03. The second kappa shape index (κ2) is 7.44. The first-order valence-corrected chi connectivity index (χ1v) is 9.65. The van der Waals surface area contributed by atoms with E-state index in [9.17, 15) is 9.59 Å². The number of aryl methyl sites for hydroxylation is 2. The molecule has 25 heavy (non-hydrogen) atoms. The van der Waals surface area contributed by atoms with E-state index in [4.69, 9.17) is 0 Å². The first-order chi connectivity index (χ1) is 12.0. The molecule has 1 aromatic carbocycles. The van der Waals surface area contributed by atoms with Crippen LogP contribution in [0, 0.1) is 12.8 Å². The molecule has 1 aliphatic heterocycles. The first-order valence-electron chi connectivity index (χ1n) is 8.66. The van der Waals surface area contributed by atoms with Crippen molar-refractivity contribution in [3.05, 3.63) is 51.4 Å². The van der Waals surface area contributed by atoms with Gasteiger partial charge in [0.25, 0.3) is 5.56 Å². The van der Waals surface area contributed by atoms with Gasteiger partial charge in [-0.25, -0.2) is 4.98 Å². The lowest BCUT2D eigenvalue weighted by Crippen LogP contribution is -2.38. The largest absolute Gasteiger partial charge is 0.326 e. The molecule has 5 nitrogen and oxygen atoms in total. The van der Waals surface area contributed by atoms with Gasteiger partial charge in [-0.2, -0.15) is 0 Å². The number of amides is 1. The molecule has 0 spiro atoms. The number of benzene rings is 1. The zero-order valence-corrected chi connectivity index (χ0v) is 15.7. The van der Waals surface area contributed by atoms with Crippen molar-refractivity contribution < 1.29 is 4.79 Å². The number of nitrogens with zero attached hydrogens (tertiary/aromatic N) is 2. The standard InChI is InChI=1S/C19H23N3O2S/c1-4-13-6-8-15(9-7-13)21-17(23)14-10-22-18(24)16(5-2)12(3)20-19(22)25-11-14/h6-9,14H,4-5,10-11H2,1-3H3,(H,21,23). The molecule has 0 bridgehead atoms.